The topological polar surface area (TPSA) is 70.8 Å². The van der Waals surface area contributed by atoms with Gasteiger partial charge in [0, 0.05) is 19.3 Å². The van der Waals surface area contributed by atoms with Gasteiger partial charge in [-0.25, -0.2) is 4.98 Å². The number of imidazole rings is 1. The Balaban J connectivity index is 1.87. The van der Waals surface area contributed by atoms with Gasteiger partial charge < -0.3 is 15.6 Å². The van der Waals surface area contributed by atoms with Crippen LogP contribution in [0.3, 0.4) is 0 Å². The first-order chi connectivity index (χ1) is 8.36. The monoisotopic (exact) mass is 231 g/mol. The summed E-state index contributed by atoms with van der Waals surface area (Å²) in [5.41, 5.74) is 7.54. The van der Waals surface area contributed by atoms with E-state index in [1.165, 1.54) is 12.8 Å². The lowest BCUT2D eigenvalue weighted by Gasteiger charge is -2.31. The molecule has 2 aromatic rings. The van der Waals surface area contributed by atoms with Crippen LogP contribution in [0.25, 0.3) is 11.2 Å². The Kier molecular flexibility index (Phi) is 2.68. The predicted molar refractivity (Wildman–Crippen MR) is 67.9 cm³/mol. The molecule has 1 aliphatic heterocycles. The molecule has 0 radical (unpaired) electrons. The van der Waals surface area contributed by atoms with Crippen LogP contribution in [0.4, 0.5) is 5.95 Å². The van der Waals surface area contributed by atoms with Crippen molar-refractivity contribution >= 4 is 17.1 Å². The molecule has 17 heavy (non-hydrogen) atoms. The molecule has 1 saturated heterocycles. The van der Waals surface area contributed by atoms with Crippen LogP contribution in [0.2, 0.25) is 0 Å². The van der Waals surface area contributed by atoms with Gasteiger partial charge in [0.2, 0.25) is 5.95 Å². The molecule has 0 saturated carbocycles. The van der Waals surface area contributed by atoms with Crippen LogP contribution < -0.4 is 10.6 Å². The molecule has 1 fully saturated rings. The zero-order chi connectivity index (χ0) is 11.7. The fraction of sp³-hybridized carbons (Fsp3) is 0.500. The van der Waals surface area contributed by atoms with E-state index < -0.39 is 0 Å². The van der Waals surface area contributed by atoms with Crippen molar-refractivity contribution in [2.75, 3.05) is 24.5 Å². The van der Waals surface area contributed by atoms with E-state index in [2.05, 4.69) is 19.9 Å². The van der Waals surface area contributed by atoms with Crippen LogP contribution in [0.15, 0.2) is 18.3 Å². The highest BCUT2D eigenvalue weighted by Crippen LogP contribution is 2.21. The molecule has 1 aliphatic rings. The van der Waals surface area contributed by atoms with Gasteiger partial charge in [-0.05, 0) is 37.4 Å². The molecule has 0 spiro atoms. The zero-order valence-corrected chi connectivity index (χ0v) is 9.76. The zero-order valence-electron chi connectivity index (χ0n) is 9.76. The molecular formula is C12H17N5. The smallest absolute Gasteiger partial charge is 0.205 e. The second-order valence-corrected chi connectivity index (χ2v) is 4.62. The molecule has 3 rings (SSSR count). The Bertz CT molecular complexity index is 473. The van der Waals surface area contributed by atoms with Crippen molar-refractivity contribution in [1.29, 1.82) is 0 Å². The van der Waals surface area contributed by atoms with Crippen molar-refractivity contribution in [3.63, 3.8) is 0 Å². The predicted octanol–water partition coefficient (Wildman–Crippen LogP) is 1.13. The third-order valence-electron chi connectivity index (χ3n) is 3.40. The number of nitrogens with two attached hydrogens (primary N) is 1. The normalized spacial score (nSPS) is 21.0. The van der Waals surface area contributed by atoms with Gasteiger partial charge in [0.15, 0.2) is 5.65 Å². The molecule has 5 heteroatoms. The van der Waals surface area contributed by atoms with E-state index in [1.54, 1.807) is 6.20 Å². The lowest BCUT2D eigenvalue weighted by atomic mass is 9.99. The number of aromatic amines is 1. The van der Waals surface area contributed by atoms with Crippen LogP contribution in [-0.4, -0.2) is 34.6 Å². The summed E-state index contributed by atoms with van der Waals surface area (Å²) in [4.78, 5) is 14.4. The van der Waals surface area contributed by atoms with Crippen LogP contribution in [0, 0.1) is 5.92 Å². The Hall–Kier alpha value is -1.62. The molecule has 0 amide bonds. The van der Waals surface area contributed by atoms with E-state index in [0.717, 1.165) is 36.7 Å². The number of nitrogens with one attached hydrogen (secondary N) is 1. The van der Waals surface area contributed by atoms with Gasteiger partial charge in [-0.2, -0.15) is 4.98 Å². The molecule has 2 aromatic heterocycles. The van der Waals surface area contributed by atoms with E-state index in [4.69, 9.17) is 5.73 Å². The van der Waals surface area contributed by atoms with Gasteiger partial charge in [0.1, 0.15) is 0 Å². The van der Waals surface area contributed by atoms with Crippen LogP contribution in [0.5, 0.6) is 0 Å². The van der Waals surface area contributed by atoms with Gasteiger partial charge in [-0.1, -0.05) is 0 Å². The van der Waals surface area contributed by atoms with Crippen LogP contribution in [0.1, 0.15) is 12.8 Å². The average Bonchev–Trinajstić information content (AvgIpc) is 2.82. The maximum absolute atomic E-state index is 5.75. The summed E-state index contributed by atoms with van der Waals surface area (Å²) < 4.78 is 0. The third-order valence-corrected chi connectivity index (χ3v) is 3.40. The number of nitrogens with zero attached hydrogens (tertiary/aromatic N) is 3. The van der Waals surface area contributed by atoms with Gasteiger partial charge in [0.25, 0.3) is 0 Å². The minimum Gasteiger partial charge on any atom is -0.342 e. The fourth-order valence-corrected chi connectivity index (χ4v) is 2.43. The van der Waals surface area contributed by atoms with Gasteiger partial charge >= 0.3 is 0 Å². The minimum absolute atomic E-state index is 0.588. The third kappa shape index (κ3) is 1.98. The maximum Gasteiger partial charge on any atom is 0.205 e. The second kappa shape index (κ2) is 4.33. The summed E-state index contributed by atoms with van der Waals surface area (Å²) in [6.07, 6.45) is 4.18. The standard InChI is InChI=1S/C12H17N5/c13-7-9-3-2-6-17(8-9)12-15-10-4-1-5-14-11(10)16-12/h1,4-5,9H,2-3,6-8,13H2,(H,14,15,16). The summed E-state index contributed by atoms with van der Waals surface area (Å²) in [5, 5.41) is 0. The fourth-order valence-electron chi connectivity index (χ4n) is 2.43. The molecular weight excluding hydrogens is 214 g/mol. The largest absolute Gasteiger partial charge is 0.342 e. The number of H-pyrrole nitrogens is 1. The van der Waals surface area contributed by atoms with Gasteiger partial charge in [0.05, 0.1) is 5.52 Å². The Labute approximate surface area is 100 Å². The number of pyridine rings is 1. The first-order valence-electron chi connectivity index (χ1n) is 6.12. The highest BCUT2D eigenvalue weighted by atomic mass is 15.3. The van der Waals surface area contributed by atoms with E-state index in [1.807, 2.05) is 12.1 Å². The van der Waals surface area contributed by atoms with E-state index in [-0.39, 0.29) is 0 Å². The van der Waals surface area contributed by atoms with Gasteiger partial charge in [-0.15, -0.1) is 0 Å². The lowest BCUT2D eigenvalue weighted by molar-refractivity contribution is 0.420. The van der Waals surface area contributed by atoms with Crippen molar-refractivity contribution in [2.24, 2.45) is 11.7 Å². The first kappa shape index (κ1) is 10.5. The lowest BCUT2D eigenvalue weighted by Crippen LogP contribution is -2.38. The van der Waals surface area contributed by atoms with Crippen molar-refractivity contribution in [2.45, 2.75) is 12.8 Å². The Morgan fingerprint density at radius 3 is 3.29 bits per heavy atom. The molecule has 90 valence electrons. The Morgan fingerprint density at radius 1 is 1.53 bits per heavy atom. The quantitative estimate of drug-likeness (QED) is 0.813. The number of hydrogen-bond donors (Lipinski definition) is 2. The first-order valence-corrected chi connectivity index (χ1v) is 6.12. The van der Waals surface area contributed by atoms with Crippen LogP contribution >= 0.6 is 0 Å². The molecule has 3 N–H and O–H groups in total. The van der Waals surface area contributed by atoms with E-state index in [0.29, 0.717) is 5.92 Å². The summed E-state index contributed by atoms with van der Waals surface area (Å²) in [6, 6.07) is 3.92. The van der Waals surface area contributed by atoms with Gasteiger partial charge in [-0.3, -0.25) is 0 Å². The maximum atomic E-state index is 5.75. The van der Waals surface area contributed by atoms with E-state index >= 15 is 0 Å². The molecule has 0 aromatic carbocycles. The Morgan fingerprint density at radius 2 is 2.47 bits per heavy atom. The van der Waals surface area contributed by atoms with Crippen molar-refractivity contribution in [1.82, 2.24) is 15.0 Å². The van der Waals surface area contributed by atoms with Crippen LogP contribution in [-0.2, 0) is 0 Å². The summed E-state index contributed by atoms with van der Waals surface area (Å²) in [7, 11) is 0. The molecule has 1 atom stereocenters. The van der Waals surface area contributed by atoms with E-state index in [9.17, 15) is 0 Å². The number of anilines is 1. The summed E-state index contributed by atoms with van der Waals surface area (Å²) >= 11 is 0. The number of rotatable bonds is 2. The highest BCUT2D eigenvalue weighted by Gasteiger charge is 2.21. The molecule has 3 heterocycles. The molecule has 5 nitrogen and oxygen atoms in total. The average molecular weight is 231 g/mol. The van der Waals surface area contributed by atoms with Crippen molar-refractivity contribution in [3.8, 4) is 0 Å². The molecule has 0 bridgehead atoms. The minimum atomic E-state index is 0.588. The number of piperidine rings is 1. The number of aromatic nitrogens is 3. The highest BCUT2D eigenvalue weighted by molar-refractivity contribution is 5.73. The number of fused-ring (bicyclic) bond motifs is 1. The molecule has 1 unspecified atom stereocenters. The summed E-state index contributed by atoms with van der Waals surface area (Å²) in [5.74, 6) is 1.52. The summed E-state index contributed by atoms with van der Waals surface area (Å²) in [6.45, 7) is 2.81. The molecule has 0 aliphatic carbocycles. The SMILES string of the molecule is NCC1CCCN(c2nc3ncccc3[nH]2)C1. The van der Waals surface area contributed by atoms with Crippen molar-refractivity contribution < 1.29 is 0 Å². The number of hydrogen-bond acceptors (Lipinski definition) is 4. The van der Waals surface area contributed by atoms with Crippen molar-refractivity contribution in [3.05, 3.63) is 18.3 Å². The second-order valence-electron chi connectivity index (χ2n) is 4.62.